The quantitative estimate of drug-likeness (QED) is 0.362. The molecule has 0 aliphatic rings. The van der Waals surface area contributed by atoms with E-state index in [0.717, 1.165) is 0 Å². The van der Waals surface area contributed by atoms with Crippen molar-refractivity contribution in [3.05, 3.63) is 0 Å². The summed E-state index contributed by atoms with van der Waals surface area (Å²) in [6.45, 7) is 0. The van der Waals surface area contributed by atoms with Crippen LogP contribution in [0, 0.1) is 0 Å². The average Bonchev–Trinajstić information content (AvgIpc) is 2.17. The third-order valence-electron chi connectivity index (χ3n) is 1.50. The van der Waals surface area contributed by atoms with Crippen molar-refractivity contribution in [2.75, 3.05) is 0 Å². The van der Waals surface area contributed by atoms with Crippen molar-refractivity contribution in [2.24, 2.45) is 0 Å². The number of carboxylic acids is 1. The molecule has 7 nitrogen and oxygen atoms in total. The lowest BCUT2D eigenvalue weighted by atomic mass is 10.0. The summed E-state index contributed by atoms with van der Waals surface area (Å²) in [6.07, 6.45) is -8.94. The summed E-state index contributed by atoms with van der Waals surface area (Å²) in [7, 11) is 0. The van der Waals surface area contributed by atoms with E-state index in [1.165, 1.54) is 0 Å². The number of carboxylic acid groups (broad SMARTS) is 1. The molecule has 0 aromatic heterocycles. The molecular formula is C6H9FO7. The highest BCUT2D eigenvalue weighted by atomic mass is 19.3. The van der Waals surface area contributed by atoms with E-state index in [2.05, 4.69) is 4.94 Å². The molecule has 0 aromatic carbocycles. The molecule has 0 aromatic rings. The van der Waals surface area contributed by atoms with Gasteiger partial charge in [0.05, 0.1) is 0 Å². The molecule has 0 saturated heterocycles. The van der Waals surface area contributed by atoms with Crippen LogP contribution in [0.1, 0.15) is 0 Å². The predicted octanol–water partition coefficient (Wildman–Crippen LogP) is -2.38. The van der Waals surface area contributed by atoms with Gasteiger partial charge in [-0.2, -0.15) is 4.94 Å². The van der Waals surface area contributed by atoms with Gasteiger partial charge in [-0.15, -0.1) is 0 Å². The Labute approximate surface area is 77.2 Å². The number of aliphatic carboxylic acids is 1. The third-order valence-corrected chi connectivity index (χ3v) is 1.50. The molecule has 0 aliphatic heterocycles. The van der Waals surface area contributed by atoms with E-state index in [9.17, 15) is 14.1 Å². The molecule has 82 valence electrons. The largest absolute Gasteiger partial charge is 0.479 e. The second kappa shape index (κ2) is 5.60. The highest BCUT2D eigenvalue weighted by Gasteiger charge is 2.36. The lowest BCUT2D eigenvalue weighted by Gasteiger charge is -2.21. The van der Waals surface area contributed by atoms with Crippen LogP contribution in [0.3, 0.4) is 0 Å². The molecule has 4 N–H and O–H groups in total. The minimum Gasteiger partial charge on any atom is -0.479 e. The molecule has 0 spiro atoms. The van der Waals surface area contributed by atoms with Crippen LogP contribution in [0.4, 0.5) is 4.53 Å². The monoisotopic (exact) mass is 212 g/mol. The van der Waals surface area contributed by atoms with Gasteiger partial charge in [-0.3, -0.25) is 0 Å². The zero-order chi connectivity index (χ0) is 11.3. The lowest BCUT2D eigenvalue weighted by Crippen LogP contribution is -2.48. The molecule has 4 atom stereocenters. The number of rotatable bonds is 6. The third kappa shape index (κ3) is 3.00. The maximum atomic E-state index is 11.5. The molecule has 0 unspecified atom stereocenters. The summed E-state index contributed by atoms with van der Waals surface area (Å²) < 4.78 is 11.5. The Morgan fingerprint density at radius 1 is 1.29 bits per heavy atom. The smallest absolute Gasteiger partial charge is 0.335 e. The summed E-state index contributed by atoms with van der Waals surface area (Å²) in [5.74, 6) is -1.82. The molecule has 14 heavy (non-hydrogen) atoms. The number of hydrogen-bond acceptors (Lipinski definition) is 6. The van der Waals surface area contributed by atoms with Crippen LogP contribution in [0.5, 0.6) is 0 Å². The van der Waals surface area contributed by atoms with Crippen molar-refractivity contribution >= 4 is 12.3 Å². The van der Waals surface area contributed by atoms with Crippen molar-refractivity contribution < 1.29 is 39.5 Å². The first-order chi connectivity index (χ1) is 6.45. The Kier molecular flexibility index (Phi) is 5.16. The molecule has 0 saturated carbocycles. The molecule has 0 amide bonds. The summed E-state index contributed by atoms with van der Waals surface area (Å²) in [6, 6.07) is 0. The number of halogens is 1. The Morgan fingerprint density at radius 2 is 1.79 bits per heavy atom. The molecule has 0 fully saturated rings. The van der Waals surface area contributed by atoms with Crippen molar-refractivity contribution in [3.63, 3.8) is 0 Å². The van der Waals surface area contributed by atoms with E-state index in [-0.39, 0.29) is 6.29 Å². The number of hydrogen-bond donors (Lipinski definition) is 4. The van der Waals surface area contributed by atoms with Gasteiger partial charge < -0.3 is 25.2 Å². The van der Waals surface area contributed by atoms with Crippen molar-refractivity contribution in [3.8, 4) is 0 Å². The topological polar surface area (TPSA) is 124 Å². The van der Waals surface area contributed by atoms with Gasteiger partial charge in [0, 0.05) is 0 Å². The summed E-state index contributed by atoms with van der Waals surface area (Å²) in [5, 5.41) is 34.7. The van der Waals surface area contributed by atoms with Gasteiger partial charge in [0.25, 0.3) is 0 Å². The molecule has 0 radical (unpaired) electrons. The fourth-order valence-electron chi connectivity index (χ4n) is 0.681. The predicted molar refractivity (Wildman–Crippen MR) is 37.7 cm³/mol. The van der Waals surface area contributed by atoms with Crippen LogP contribution in [-0.4, -0.2) is 57.1 Å². The number of aliphatic hydroxyl groups excluding tert-OH is 3. The fourth-order valence-corrected chi connectivity index (χ4v) is 0.681. The standard InChI is InChI=1S/C6H9FO7/c7-14-2(1-8)3(9)4(10)5(11)6(12)13/h1-5,9-11H,(H,12,13)/t2-,3+,4-,5-/m0/s1. The summed E-state index contributed by atoms with van der Waals surface area (Å²) in [5.41, 5.74) is 0. The minimum atomic E-state index is -2.33. The zero-order valence-corrected chi connectivity index (χ0v) is 6.78. The first kappa shape index (κ1) is 12.9. The van der Waals surface area contributed by atoms with Crippen molar-refractivity contribution in [2.45, 2.75) is 24.4 Å². The van der Waals surface area contributed by atoms with E-state index in [1.807, 2.05) is 0 Å². The van der Waals surface area contributed by atoms with Gasteiger partial charge in [0.15, 0.2) is 18.5 Å². The van der Waals surface area contributed by atoms with E-state index in [0.29, 0.717) is 0 Å². The van der Waals surface area contributed by atoms with Gasteiger partial charge in [0.1, 0.15) is 12.2 Å². The van der Waals surface area contributed by atoms with Gasteiger partial charge in [-0.05, 0) is 4.53 Å². The van der Waals surface area contributed by atoms with Gasteiger partial charge in [0.2, 0.25) is 0 Å². The highest BCUT2D eigenvalue weighted by Crippen LogP contribution is 2.07. The Bertz CT molecular complexity index is 202. The Balaban J connectivity index is 4.43. The lowest BCUT2D eigenvalue weighted by molar-refractivity contribution is -0.220. The molecular weight excluding hydrogens is 203 g/mol. The summed E-state index contributed by atoms with van der Waals surface area (Å²) >= 11 is 0. The Morgan fingerprint density at radius 3 is 2.07 bits per heavy atom. The maximum absolute atomic E-state index is 11.5. The highest BCUT2D eigenvalue weighted by molar-refractivity contribution is 5.73. The number of aliphatic hydroxyl groups is 3. The first-order valence-corrected chi connectivity index (χ1v) is 3.45. The molecule has 0 rings (SSSR count). The van der Waals surface area contributed by atoms with Crippen LogP contribution in [0.15, 0.2) is 0 Å². The SMILES string of the molecule is O=C[C@H](OF)[C@@H](O)[C@H](O)[C@H](O)C(=O)O. The maximum Gasteiger partial charge on any atom is 0.335 e. The fraction of sp³-hybridized carbons (Fsp3) is 0.667. The molecule has 0 aliphatic carbocycles. The van der Waals surface area contributed by atoms with E-state index in [4.69, 9.17) is 20.4 Å². The minimum absolute atomic E-state index is 0.178. The van der Waals surface area contributed by atoms with Crippen LogP contribution in [0.2, 0.25) is 0 Å². The Hall–Kier alpha value is -1.09. The molecule has 0 heterocycles. The number of carbonyl (C=O) groups excluding carboxylic acids is 1. The summed E-state index contributed by atoms with van der Waals surface area (Å²) in [4.78, 5) is 23.0. The van der Waals surface area contributed by atoms with Crippen LogP contribution < -0.4 is 0 Å². The first-order valence-electron chi connectivity index (χ1n) is 3.45. The van der Waals surface area contributed by atoms with Gasteiger partial charge in [-0.1, -0.05) is 0 Å². The normalized spacial score (nSPS) is 19.4. The van der Waals surface area contributed by atoms with Crippen LogP contribution in [0.25, 0.3) is 0 Å². The molecule has 8 heteroatoms. The van der Waals surface area contributed by atoms with Gasteiger partial charge in [-0.25, -0.2) is 4.79 Å². The van der Waals surface area contributed by atoms with E-state index >= 15 is 0 Å². The second-order valence-electron chi connectivity index (χ2n) is 2.45. The number of carbonyl (C=O) groups is 2. The van der Waals surface area contributed by atoms with Crippen LogP contribution >= 0.6 is 0 Å². The van der Waals surface area contributed by atoms with Crippen molar-refractivity contribution in [1.29, 1.82) is 0 Å². The van der Waals surface area contributed by atoms with E-state index < -0.39 is 30.4 Å². The van der Waals surface area contributed by atoms with Gasteiger partial charge >= 0.3 is 5.97 Å². The average molecular weight is 212 g/mol. The molecule has 0 bridgehead atoms. The number of aldehydes is 1. The van der Waals surface area contributed by atoms with E-state index in [1.54, 1.807) is 0 Å². The van der Waals surface area contributed by atoms with Crippen molar-refractivity contribution in [1.82, 2.24) is 0 Å². The van der Waals surface area contributed by atoms with Crippen LogP contribution in [-0.2, 0) is 14.5 Å². The zero-order valence-electron chi connectivity index (χ0n) is 6.78. The second-order valence-corrected chi connectivity index (χ2v) is 2.45.